The van der Waals surface area contributed by atoms with Crippen LogP contribution in [0.25, 0.3) is 0 Å². The van der Waals surface area contributed by atoms with E-state index in [1.165, 1.54) is 25.9 Å². The van der Waals surface area contributed by atoms with Crippen LogP contribution in [0.5, 0.6) is 0 Å². The van der Waals surface area contributed by atoms with E-state index >= 15 is 0 Å². The van der Waals surface area contributed by atoms with Gasteiger partial charge in [-0.3, -0.25) is 4.90 Å². The second kappa shape index (κ2) is 8.57. The first kappa shape index (κ1) is 19.3. The highest BCUT2D eigenvalue weighted by atomic mass is 16.5. The van der Waals surface area contributed by atoms with Crippen LogP contribution in [0.2, 0.25) is 0 Å². The SMILES string of the molecule is Cc1nc(C2CN(c3ccccn3)CCN(C3CCN(C(C)C)CC3)C2)no1. The molecule has 0 N–H and O–H groups in total. The molecule has 7 heteroatoms. The predicted molar refractivity (Wildman–Crippen MR) is 110 cm³/mol. The molecular formula is C21H32N6O. The zero-order valence-corrected chi connectivity index (χ0v) is 17.3. The van der Waals surface area contributed by atoms with Crippen molar-refractivity contribution in [3.63, 3.8) is 0 Å². The Hall–Kier alpha value is -1.99. The Bertz CT molecular complexity index is 740. The Morgan fingerprint density at radius 3 is 2.54 bits per heavy atom. The molecule has 1 unspecified atom stereocenters. The van der Waals surface area contributed by atoms with Gasteiger partial charge in [0, 0.05) is 51.4 Å². The van der Waals surface area contributed by atoms with Crippen molar-refractivity contribution >= 4 is 5.82 Å². The molecule has 0 radical (unpaired) electrons. The summed E-state index contributed by atoms with van der Waals surface area (Å²) < 4.78 is 5.30. The van der Waals surface area contributed by atoms with E-state index in [9.17, 15) is 0 Å². The minimum absolute atomic E-state index is 0.227. The molecule has 2 saturated heterocycles. The Kier molecular flexibility index (Phi) is 5.92. The quantitative estimate of drug-likeness (QED) is 0.803. The van der Waals surface area contributed by atoms with Gasteiger partial charge in [-0.1, -0.05) is 11.2 Å². The number of anilines is 1. The lowest BCUT2D eigenvalue weighted by Crippen LogP contribution is -2.48. The standard InChI is InChI=1S/C21H32N6O/c1-16(2)25-10-7-19(8-11-25)26-12-13-27(20-6-4-5-9-22-20)15-18(14-26)21-23-17(3)28-24-21/h4-6,9,16,18-19H,7-8,10-15H2,1-3H3. The van der Waals surface area contributed by atoms with Crippen molar-refractivity contribution in [2.45, 2.75) is 51.6 Å². The molecule has 2 aromatic heterocycles. The van der Waals surface area contributed by atoms with Crippen LogP contribution in [0.15, 0.2) is 28.9 Å². The van der Waals surface area contributed by atoms with Gasteiger partial charge < -0.3 is 14.3 Å². The van der Waals surface area contributed by atoms with Crippen molar-refractivity contribution in [3.8, 4) is 0 Å². The molecule has 7 nitrogen and oxygen atoms in total. The van der Waals surface area contributed by atoms with Gasteiger partial charge in [0.25, 0.3) is 0 Å². The average molecular weight is 385 g/mol. The number of hydrogen-bond donors (Lipinski definition) is 0. The van der Waals surface area contributed by atoms with Crippen LogP contribution in [0, 0.1) is 6.92 Å². The number of pyridine rings is 1. The molecule has 152 valence electrons. The van der Waals surface area contributed by atoms with E-state index < -0.39 is 0 Å². The maximum absolute atomic E-state index is 5.30. The third kappa shape index (κ3) is 4.36. The zero-order valence-electron chi connectivity index (χ0n) is 17.3. The fourth-order valence-corrected chi connectivity index (χ4v) is 4.53. The monoisotopic (exact) mass is 384 g/mol. The second-order valence-corrected chi connectivity index (χ2v) is 8.36. The topological polar surface area (TPSA) is 61.5 Å². The second-order valence-electron chi connectivity index (χ2n) is 8.36. The number of nitrogens with zero attached hydrogens (tertiary/aromatic N) is 6. The lowest BCUT2D eigenvalue weighted by atomic mass is 10.00. The highest BCUT2D eigenvalue weighted by Crippen LogP contribution is 2.26. The van der Waals surface area contributed by atoms with E-state index in [-0.39, 0.29) is 5.92 Å². The summed E-state index contributed by atoms with van der Waals surface area (Å²) in [6.07, 6.45) is 4.34. The molecule has 0 saturated carbocycles. The van der Waals surface area contributed by atoms with Crippen LogP contribution < -0.4 is 4.90 Å². The minimum atomic E-state index is 0.227. The molecule has 0 aliphatic carbocycles. The number of aryl methyl sites for hydroxylation is 1. The van der Waals surface area contributed by atoms with Crippen molar-refractivity contribution < 1.29 is 4.52 Å². The van der Waals surface area contributed by atoms with Gasteiger partial charge in [0.05, 0.1) is 5.92 Å². The smallest absolute Gasteiger partial charge is 0.223 e. The van der Waals surface area contributed by atoms with Crippen molar-refractivity contribution in [2.24, 2.45) is 0 Å². The summed E-state index contributed by atoms with van der Waals surface area (Å²) in [5.41, 5.74) is 0. The van der Waals surface area contributed by atoms with Crippen LogP contribution >= 0.6 is 0 Å². The summed E-state index contributed by atoms with van der Waals surface area (Å²) in [6, 6.07) is 7.39. The van der Waals surface area contributed by atoms with Crippen LogP contribution in [-0.2, 0) is 0 Å². The van der Waals surface area contributed by atoms with Crippen molar-refractivity contribution in [2.75, 3.05) is 44.2 Å². The van der Waals surface area contributed by atoms with Gasteiger partial charge in [-0.05, 0) is 51.9 Å². The molecule has 2 aliphatic rings. The van der Waals surface area contributed by atoms with Gasteiger partial charge in [0.15, 0.2) is 5.82 Å². The molecule has 1 atom stereocenters. The molecule has 28 heavy (non-hydrogen) atoms. The molecular weight excluding hydrogens is 352 g/mol. The highest BCUT2D eigenvalue weighted by molar-refractivity contribution is 5.38. The Balaban J connectivity index is 1.51. The highest BCUT2D eigenvalue weighted by Gasteiger charge is 2.33. The molecule has 4 heterocycles. The summed E-state index contributed by atoms with van der Waals surface area (Å²) in [5, 5.41) is 4.26. The van der Waals surface area contributed by atoms with Crippen LogP contribution in [-0.4, -0.2) is 76.3 Å². The largest absolute Gasteiger partial charge is 0.355 e. The van der Waals surface area contributed by atoms with Gasteiger partial charge in [-0.15, -0.1) is 0 Å². The van der Waals surface area contributed by atoms with Crippen molar-refractivity contribution in [1.29, 1.82) is 0 Å². The molecule has 0 bridgehead atoms. The summed E-state index contributed by atoms with van der Waals surface area (Å²) in [7, 11) is 0. The normalized spacial score (nSPS) is 23.3. The lowest BCUT2D eigenvalue weighted by Gasteiger charge is -2.40. The summed E-state index contributed by atoms with van der Waals surface area (Å²) in [5.74, 6) is 2.72. The molecule has 2 aliphatic heterocycles. The third-order valence-corrected chi connectivity index (χ3v) is 6.18. The van der Waals surface area contributed by atoms with E-state index in [0.717, 1.165) is 37.8 Å². The fraction of sp³-hybridized carbons (Fsp3) is 0.667. The number of likely N-dealkylation sites (tertiary alicyclic amines) is 1. The van der Waals surface area contributed by atoms with Gasteiger partial charge in [-0.25, -0.2) is 4.98 Å². The number of aromatic nitrogens is 3. The van der Waals surface area contributed by atoms with E-state index in [1.807, 2.05) is 19.2 Å². The minimum Gasteiger partial charge on any atom is -0.355 e. The average Bonchev–Trinajstić information content (AvgIpc) is 3.03. The first-order valence-electron chi connectivity index (χ1n) is 10.5. The molecule has 0 spiro atoms. The Morgan fingerprint density at radius 2 is 1.89 bits per heavy atom. The Labute approximate surface area is 167 Å². The van der Waals surface area contributed by atoms with Crippen LogP contribution in [0.3, 0.4) is 0 Å². The Morgan fingerprint density at radius 1 is 1.07 bits per heavy atom. The molecule has 0 amide bonds. The van der Waals surface area contributed by atoms with Crippen LogP contribution in [0.4, 0.5) is 5.82 Å². The molecule has 2 fully saturated rings. The van der Waals surface area contributed by atoms with Gasteiger partial charge in [-0.2, -0.15) is 4.98 Å². The first-order valence-corrected chi connectivity index (χ1v) is 10.5. The molecule has 2 aromatic rings. The number of hydrogen-bond acceptors (Lipinski definition) is 7. The van der Waals surface area contributed by atoms with E-state index in [2.05, 4.69) is 55.8 Å². The lowest BCUT2D eigenvalue weighted by molar-refractivity contribution is 0.0931. The zero-order chi connectivity index (χ0) is 19.5. The van der Waals surface area contributed by atoms with Crippen molar-refractivity contribution in [3.05, 3.63) is 36.1 Å². The summed E-state index contributed by atoms with van der Waals surface area (Å²) in [6.45, 7) is 12.7. The van der Waals surface area contributed by atoms with Gasteiger partial charge in [0.2, 0.25) is 5.89 Å². The van der Waals surface area contributed by atoms with E-state index in [1.54, 1.807) is 0 Å². The summed E-state index contributed by atoms with van der Waals surface area (Å²) >= 11 is 0. The van der Waals surface area contributed by atoms with E-state index in [4.69, 9.17) is 4.52 Å². The number of rotatable bonds is 4. The molecule has 4 rings (SSSR count). The van der Waals surface area contributed by atoms with Crippen LogP contribution in [0.1, 0.15) is 44.3 Å². The van der Waals surface area contributed by atoms with Crippen molar-refractivity contribution in [1.82, 2.24) is 24.9 Å². The predicted octanol–water partition coefficient (Wildman–Crippen LogP) is 2.55. The number of piperidine rings is 1. The summed E-state index contributed by atoms with van der Waals surface area (Å²) in [4.78, 5) is 16.8. The first-order chi connectivity index (χ1) is 13.6. The maximum atomic E-state index is 5.30. The maximum Gasteiger partial charge on any atom is 0.223 e. The van der Waals surface area contributed by atoms with E-state index in [0.29, 0.717) is 18.0 Å². The third-order valence-electron chi connectivity index (χ3n) is 6.18. The molecule has 0 aromatic carbocycles. The van der Waals surface area contributed by atoms with Gasteiger partial charge >= 0.3 is 0 Å². The fourth-order valence-electron chi connectivity index (χ4n) is 4.53. The van der Waals surface area contributed by atoms with Gasteiger partial charge in [0.1, 0.15) is 5.82 Å².